The summed E-state index contributed by atoms with van der Waals surface area (Å²) in [7, 11) is 0. The highest BCUT2D eigenvalue weighted by Gasteiger charge is 2.35. The molecule has 0 radical (unpaired) electrons. The average molecular weight is 336 g/mol. The summed E-state index contributed by atoms with van der Waals surface area (Å²) in [6.07, 6.45) is -1.73. The quantitative estimate of drug-likeness (QED) is 0.897. The monoisotopic (exact) mass is 336 g/mol. The SMILES string of the molecule is O=C(Nc1ccccc1OCc1cccnc1C(F)(F)F)C1CC1. The first-order valence-corrected chi connectivity index (χ1v) is 7.49. The van der Waals surface area contributed by atoms with E-state index >= 15 is 0 Å². The molecular weight excluding hydrogens is 321 g/mol. The van der Waals surface area contributed by atoms with Gasteiger partial charge in [-0.05, 0) is 31.0 Å². The molecule has 1 saturated carbocycles. The number of benzene rings is 1. The summed E-state index contributed by atoms with van der Waals surface area (Å²) in [4.78, 5) is 15.3. The molecule has 1 amide bonds. The van der Waals surface area contributed by atoms with Gasteiger partial charge < -0.3 is 10.1 Å². The molecule has 7 heteroatoms. The molecule has 126 valence electrons. The first-order chi connectivity index (χ1) is 11.4. The standard InChI is InChI=1S/C17H15F3N2O2/c18-17(19,20)15-12(4-3-9-21-15)10-24-14-6-2-1-5-13(14)22-16(23)11-7-8-11/h1-6,9,11H,7-8,10H2,(H,22,23). The van der Waals surface area contributed by atoms with Gasteiger partial charge in [0.1, 0.15) is 12.4 Å². The lowest BCUT2D eigenvalue weighted by molar-refractivity contribution is -0.142. The summed E-state index contributed by atoms with van der Waals surface area (Å²) < 4.78 is 44.3. The topological polar surface area (TPSA) is 51.2 Å². The van der Waals surface area contributed by atoms with Gasteiger partial charge in [0, 0.05) is 17.7 Å². The summed E-state index contributed by atoms with van der Waals surface area (Å²) >= 11 is 0. The molecule has 0 bridgehead atoms. The predicted octanol–water partition coefficient (Wildman–Crippen LogP) is 4.03. The number of nitrogens with one attached hydrogen (secondary N) is 1. The molecule has 1 aliphatic rings. The molecule has 0 saturated heterocycles. The van der Waals surface area contributed by atoms with Gasteiger partial charge in [-0.1, -0.05) is 18.2 Å². The number of aromatic nitrogens is 1. The minimum Gasteiger partial charge on any atom is -0.487 e. The Morgan fingerprint density at radius 1 is 1.21 bits per heavy atom. The van der Waals surface area contributed by atoms with Crippen LogP contribution in [-0.4, -0.2) is 10.9 Å². The zero-order chi connectivity index (χ0) is 17.2. The maximum atomic E-state index is 12.9. The van der Waals surface area contributed by atoms with Crippen molar-refractivity contribution in [3.63, 3.8) is 0 Å². The molecule has 0 atom stereocenters. The predicted molar refractivity (Wildman–Crippen MR) is 81.4 cm³/mol. The molecule has 0 unspecified atom stereocenters. The van der Waals surface area contributed by atoms with Crippen LogP contribution >= 0.6 is 0 Å². The van der Waals surface area contributed by atoms with Crippen LogP contribution in [0, 0.1) is 5.92 Å². The van der Waals surface area contributed by atoms with Crippen molar-refractivity contribution in [3.05, 3.63) is 53.9 Å². The van der Waals surface area contributed by atoms with Crippen LogP contribution in [0.1, 0.15) is 24.1 Å². The van der Waals surface area contributed by atoms with Crippen molar-refractivity contribution in [2.24, 2.45) is 5.92 Å². The van der Waals surface area contributed by atoms with Gasteiger partial charge in [-0.3, -0.25) is 9.78 Å². The number of carbonyl (C=O) groups is 1. The zero-order valence-electron chi connectivity index (χ0n) is 12.6. The molecule has 1 heterocycles. The summed E-state index contributed by atoms with van der Waals surface area (Å²) in [5.41, 5.74) is -0.579. The highest BCUT2D eigenvalue weighted by Crippen LogP contribution is 2.33. The van der Waals surface area contributed by atoms with Crippen LogP contribution in [0.25, 0.3) is 0 Å². The second kappa shape index (κ2) is 6.51. The Morgan fingerprint density at radius 2 is 1.96 bits per heavy atom. The minimum atomic E-state index is -4.54. The van der Waals surface area contributed by atoms with Crippen molar-refractivity contribution in [2.45, 2.75) is 25.6 Å². The number of hydrogen-bond donors (Lipinski definition) is 1. The van der Waals surface area contributed by atoms with Crippen LogP contribution in [0.15, 0.2) is 42.6 Å². The molecule has 1 aromatic heterocycles. The van der Waals surface area contributed by atoms with Crippen molar-refractivity contribution in [1.29, 1.82) is 0 Å². The average Bonchev–Trinajstić information content (AvgIpc) is 3.38. The first-order valence-electron chi connectivity index (χ1n) is 7.49. The van der Waals surface area contributed by atoms with Crippen molar-refractivity contribution in [3.8, 4) is 5.75 Å². The van der Waals surface area contributed by atoms with Gasteiger partial charge in [0.15, 0.2) is 5.69 Å². The number of pyridine rings is 1. The fourth-order valence-corrected chi connectivity index (χ4v) is 2.24. The van der Waals surface area contributed by atoms with Crippen LogP contribution in [0.2, 0.25) is 0 Å². The molecular formula is C17H15F3N2O2. The van der Waals surface area contributed by atoms with Gasteiger partial charge in [0.05, 0.1) is 5.69 Å². The van der Waals surface area contributed by atoms with E-state index in [-0.39, 0.29) is 24.0 Å². The Bertz CT molecular complexity index is 743. The zero-order valence-corrected chi connectivity index (χ0v) is 12.6. The first kappa shape index (κ1) is 16.3. The van der Waals surface area contributed by atoms with Gasteiger partial charge >= 0.3 is 6.18 Å². The molecule has 2 aromatic rings. The van der Waals surface area contributed by atoms with E-state index < -0.39 is 11.9 Å². The number of alkyl halides is 3. The van der Waals surface area contributed by atoms with Crippen molar-refractivity contribution < 1.29 is 22.7 Å². The molecule has 0 spiro atoms. The molecule has 1 aromatic carbocycles. The van der Waals surface area contributed by atoms with Crippen molar-refractivity contribution in [2.75, 3.05) is 5.32 Å². The van der Waals surface area contributed by atoms with Gasteiger partial charge in [-0.25, -0.2) is 0 Å². The lowest BCUT2D eigenvalue weighted by Crippen LogP contribution is -2.15. The van der Waals surface area contributed by atoms with Crippen molar-refractivity contribution in [1.82, 2.24) is 4.98 Å². The lowest BCUT2D eigenvalue weighted by atomic mass is 10.2. The number of nitrogens with zero attached hydrogens (tertiary/aromatic N) is 1. The van der Waals surface area contributed by atoms with E-state index in [9.17, 15) is 18.0 Å². The number of amides is 1. The molecule has 1 fully saturated rings. The van der Waals surface area contributed by atoms with Crippen molar-refractivity contribution >= 4 is 11.6 Å². The Kier molecular flexibility index (Phi) is 4.42. The summed E-state index contributed by atoms with van der Waals surface area (Å²) in [6.45, 7) is -0.293. The highest BCUT2D eigenvalue weighted by molar-refractivity contribution is 5.95. The number of anilines is 1. The summed E-state index contributed by atoms with van der Waals surface area (Å²) in [6, 6.07) is 9.42. The maximum absolute atomic E-state index is 12.9. The molecule has 3 rings (SSSR count). The lowest BCUT2D eigenvalue weighted by Gasteiger charge is -2.15. The third-order valence-corrected chi connectivity index (χ3v) is 3.64. The number of rotatable bonds is 5. The number of para-hydroxylation sites is 2. The smallest absolute Gasteiger partial charge is 0.433 e. The molecule has 0 aliphatic heterocycles. The maximum Gasteiger partial charge on any atom is 0.433 e. The Hall–Kier alpha value is -2.57. The largest absolute Gasteiger partial charge is 0.487 e. The van der Waals surface area contributed by atoms with E-state index in [0.29, 0.717) is 11.4 Å². The second-order valence-corrected chi connectivity index (χ2v) is 5.56. The van der Waals surface area contributed by atoms with Gasteiger partial charge in [0.2, 0.25) is 5.91 Å². The van der Waals surface area contributed by atoms with Crippen LogP contribution in [0.4, 0.5) is 18.9 Å². The van der Waals surface area contributed by atoms with E-state index in [2.05, 4.69) is 10.3 Å². The van der Waals surface area contributed by atoms with Crippen LogP contribution in [0.3, 0.4) is 0 Å². The van der Waals surface area contributed by atoms with Crippen LogP contribution < -0.4 is 10.1 Å². The van der Waals surface area contributed by atoms with E-state index in [1.807, 2.05) is 0 Å². The minimum absolute atomic E-state index is 0.0215. The van der Waals surface area contributed by atoms with Gasteiger partial charge in [-0.2, -0.15) is 13.2 Å². The van der Waals surface area contributed by atoms with Gasteiger partial charge in [-0.15, -0.1) is 0 Å². The van der Waals surface area contributed by atoms with E-state index in [1.165, 1.54) is 12.1 Å². The number of halogens is 3. The van der Waals surface area contributed by atoms with Crippen LogP contribution in [-0.2, 0) is 17.6 Å². The third kappa shape index (κ3) is 3.84. The normalized spacial score (nSPS) is 14.3. The Morgan fingerprint density at radius 3 is 2.67 bits per heavy atom. The fraction of sp³-hybridized carbons (Fsp3) is 0.294. The molecule has 1 aliphatic carbocycles. The Balaban J connectivity index is 1.74. The molecule has 24 heavy (non-hydrogen) atoms. The number of hydrogen-bond acceptors (Lipinski definition) is 3. The van der Waals surface area contributed by atoms with E-state index in [0.717, 1.165) is 19.0 Å². The highest BCUT2D eigenvalue weighted by atomic mass is 19.4. The Labute approximate surface area is 136 Å². The number of ether oxygens (including phenoxy) is 1. The fourth-order valence-electron chi connectivity index (χ4n) is 2.24. The van der Waals surface area contributed by atoms with E-state index in [4.69, 9.17) is 4.74 Å². The molecule has 1 N–H and O–H groups in total. The second-order valence-electron chi connectivity index (χ2n) is 5.56. The van der Waals surface area contributed by atoms with Crippen LogP contribution in [0.5, 0.6) is 5.75 Å². The summed E-state index contributed by atoms with van der Waals surface area (Å²) in [5.74, 6) is 0.250. The molecule has 4 nitrogen and oxygen atoms in total. The number of carbonyl (C=O) groups excluding carboxylic acids is 1. The third-order valence-electron chi connectivity index (χ3n) is 3.64. The summed E-state index contributed by atoms with van der Waals surface area (Å²) in [5, 5.41) is 2.75. The van der Waals surface area contributed by atoms with E-state index in [1.54, 1.807) is 24.3 Å². The van der Waals surface area contributed by atoms with Gasteiger partial charge in [0.25, 0.3) is 0 Å².